The average molecular weight is 377 g/mol. The first-order chi connectivity index (χ1) is 13.6. The average Bonchev–Trinajstić information content (AvgIpc) is 2.73. The van der Waals surface area contributed by atoms with Crippen molar-refractivity contribution in [2.75, 3.05) is 5.32 Å². The van der Waals surface area contributed by atoms with Gasteiger partial charge in [0.2, 0.25) is 0 Å². The number of pyridine rings is 1. The third-order valence-electron chi connectivity index (χ3n) is 4.30. The molecule has 0 aliphatic heterocycles. The lowest BCUT2D eigenvalue weighted by atomic mass is 10.1. The van der Waals surface area contributed by atoms with Crippen LogP contribution in [0.25, 0.3) is 0 Å². The van der Waals surface area contributed by atoms with Gasteiger partial charge in [0.05, 0.1) is 0 Å². The smallest absolute Gasteiger partial charge is 0.270 e. The Morgan fingerprint density at radius 3 is 2.43 bits per heavy atom. The second-order valence-electron chi connectivity index (χ2n) is 6.17. The normalized spacial score (nSPS) is 10.4. The van der Waals surface area contributed by atoms with Gasteiger partial charge in [0.1, 0.15) is 11.5 Å². The molecule has 0 bridgehead atoms. The van der Waals surface area contributed by atoms with Crippen LogP contribution in [-0.4, -0.2) is 16.8 Å². The van der Waals surface area contributed by atoms with Gasteiger partial charge in [-0.15, -0.1) is 0 Å². The summed E-state index contributed by atoms with van der Waals surface area (Å²) in [7, 11) is 0. The zero-order valence-corrected chi connectivity index (χ0v) is 15.4. The molecule has 0 saturated heterocycles. The number of nitrogens with one attached hydrogen (secondary N) is 2. The van der Waals surface area contributed by atoms with Gasteiger partial charge in [-0.05, 0) is 36.2 Å². The molecule has 3 rings (SSSR count). The van der Waals surface area contributed by atoms with Crippen LogP contribution in [-0.2, 0) is 13.0 Å². The summed E-state index contributed by atoms with van der Waals surface area (Å²) in [6, 6.07) is 16.7. The second kappa shape index (κ2) is 8.90. The van der Waals surface area contributed by atoms with Crippen molar-refractivity contribution in [3.05, 3.63) is 95.1 Å². The maximum atomic E-state index is 13.7. The first kappa shape index (κ1) is 19.2. The molecule has 2 N–H and O–H groups in total. The van der Waals surface area contributed by atoms with Crippen molar-refractivity contribution in [1.29, 1.82) is 0 Å². The highest BCUT2D eigenvalue weighted by molar-refractivity contribution is 6.06. The standard InChI is InChI=1S/C22H20FN3O2/c1-2-15-7-4-6-10-19(15)26-21(27)16-11-12-24-20(13-16)22(28)25-14-17-8-3-5-9-18(17)23/h3-13H,2,14H2,1H3,(H,25,28)(H,26,27). The summed E-state index contributed by atoms with van der Waals surface area (Å²) in [6.45, 7) is 2.04. The van der Waals surface area contributed by atoms with E-state index in [1.165, 1.54) is 24.4 Å². The molecule has 1 aromatic heterocycles. The molecule has 1 heterocycles. The summed E-state index contributed by atoms with van der Waals surface area (Å²) in [6.07, 6.45) is 2.19. The van der Waals surface area contributed by atoms with Gasteiger partial charge in [0, 0.05) is 29.6 Å². The van der Waals surface area contributed by atoms with E-state index >= 15 is 0 Å². The van der Waals surface area contributed by atoms with Gasteiger partial charge in [-0.25, -0.2) is 4.39 Å². The first-order valence-corrected chi connectivity index (χ1v) is 8.95. The quantitative estimate of drug-likeness (QED) is 0.683. The maximum absolute atomic E-state index is 13.7. The van der Waals surface area contributed by atoms with E-state index in [-0.39, 0.29) is 18.1 Å². The monoisotopic (exact) mass is 377 g/mol. The summed E-state index contributed by atoms with van der Waals surface area (Å²) < 4.78 is 13.7. The molecule has 2 amide bonds. The van der Waals surface area contributed by atoms with Crippen molar-refractivity contribution in [1.82, 2.24) is 10.3 Å². The van der Waals surface area contributed by atoms with E-state index < -0.39 is 11.7 Å². The molecular weight excluding hydrogens is 357 g/mol. The third-order valence-corrected chi connectivity index (χ3v) is 4.30. The Hall–Kier alpha value is -3.54. The van der Waals surface area contributed by atoms with Gasteiger partial charge in [0.25, 0.3) is 11.8 Å². The summed E-state index contributed by atoms with van der Waals surface area (Å²) in [5, 5.41) is 5.48. The number of halogens is 1. The highest BCUT2D eigenvalue weighted by Gasteiger charge is 2.13. The zero-order chi connectivity index (χ0) is 19.9. The van der Waals surface area contributed by atoms with Gasteiger partial charge in [-0.2, -0.15) is 0 Å². The van der Waals surface area contributed by atoms with E-state index in [0.717, 1.165) is 17.7 Å². The molecule has 5 nitrogen and oxygen atoms in total. The number of aromatic nitrogens is 1. The van der Waals surface area contributed by atoms with Crippen LogP contribution in [0.3, 0.4) is 0 Å². The van der Waals surface area contributed by atoms with Gasteiger partial charge >= 0.3 is 0 Å². The van der Waals surface area contributed by atoms with Crippen molar-refractivity contribution < 1.29 is 14.0 Å². The van der Waals surface area contributed by atoms with Crippen molar-refractivity contribution in [2.45, 2.75) is 19.9 Å². The summed E-state index contributed by atoms with van der Waals surface area (Å²) in [4.78, 5) is 28.9. The Labute approximate surface area is 162 Å². The van der Waals surface area contributed by atoms with E-state index in [1.54, 1.807) is 18.2 Å². The fourth-order valence-corrected chi connectivity index (χ4v) is 2.75. The highest BCUT2D eigenvalue weighted by Crippen LogP contribution is 2.17. The Morgan fingerprint density at radius 2 is 1.68 bits per heavy atom. The number of aryl methyl sites for hydroxylation is 1. The Balaban J connectivity index is 1.70. The Morgan fingerprint density at radius 1 is 0.964 bits per heavy atom. The highest BCUT2D eigenvalue weighted by atomic mass is 19.1. The predicted octanol–water partition coefficient (Wildman–Crippen LogP) is 3.97. The van der Waals surface area contributed by atoms with Gasteiger partial charge in [-0.1, -0.05) is 43.3 Å². The number of hydrogen-bond acceptors (Lipinski definition) is 3. The van der Waals surface area contributed by atoms with Crippen LogP contribution < -0.4 is 10.6 Å². The van der Waals surface area contributed by atoms with E-state index in [9.17, 15) is 14.0 Å². The summed E-state index contributed by atoms with van der Waals surface area (Å²) in [5.41, 5.74) is 2.54. The summed E-state index contributed by atoms with van der Waals surface area (Å²) in [5.74, 6) is -1.20. The van der Waals surface area contributed by atoms with Crippen LogP contribution >= 0.6 is 0 Å². The maximum Gasteiger partial charge on any atom is 0.270 e. The number of para-hydroxylation sites is 1. The van der Waals surface area contributed by atoms with E-state index in [2.05, 4.69) is 15.6 Å². The van der Waals surface area contributed by atoms with Crippen LogP contribution in [0.2, 0.25) is 0 Å². The molecule has 0 unspecified atom stereocenters. The zero-order valence-electron chi connectivity index (χ0n) is 15.4. The second-order valence-corrected chi connectivity index (χ2v) is 6.17. The predicted molar refractivity (Wildman–Crippen MR) is 106 cm³/mol. The van der Waals surface area contributed by atoms with Crippen LogP contribution in [0.4, 0.5) is 10.1 Å². The minimum atomic E-state index is -0.480. The largest absolute Gasteiger partial charge is 0.347 e. The van der Waals surface area contributed by atoms with E-state index in [0.29, 0.717) is 11.1 Å². The number of nitrogens with zero attached hydrogens (tertiary/aromatic N) is 1. The molecule has 0 radical (unpaired) electrons. The fraction of sp³-hybridized carbons (Fsp3) is 0.136. The van der Waals surface area contributed by atoms with Gasteiger partial charge < -0.3 is 10.6 Å². The minimum absolute atomic E-state index is 0.0352. The topological polar surface area (TPSA) is 71.1 Å². The first-order valence-electron chi connectivity index (χ1n) is 8.95. The lowest BCUT2D eigenvalue weighted by Crippen LogP contribution is -2.25. The van der Waals surface area contributed by atoms with Crippen molar-refractivity contribution >= 4 is 17.5 Å². The molecule has 6 heteroatoms. The number of carbonyl (C=O) groups is 2. The number of hydrogen-bond donors (Lipinski definition) is 2. The molecule has 142 valence electrons. The Bertz CT molecular complexity index is 1000. The molecule has 0 aliphatic rings. The van der Waals surface area contributed by atoms with E-state index in [4.69, 9.17) is 0 Å². The number of carbonyl (C=O) groups excluding carboxylic acids is 2. The number of amides is 2. The lowest BCUT2D eigenvalue weighted by Gasteiger charge is -2.10. The molecule has 0 spiro atoms. The van der Waals surface area contributed by atoms with Crippen LogP contribution in [0.15, 0.2) is 66.9 Å². The summed E-state index contributed by atoms with van der Waals surface area (Å²) >= 11 is 0. The van der Waals surface area contributed by atoms with Crippen LogP contribution in [0, 0.1) is 5.82 Å². The molecule has 0 fully saturated rings. The Kier molecular flexibility index (Phi) is 6.11. The number of rotatable bonds is 6. The molecule has 3 aromatic rings. The number of benzene rings is 2. The molecule has 0 aliphatic carbocycles. The third kappa shape index (κ3) is 4.59. The molecule has 0 atom stereocenters. The van der Waals surface area contributed by atoms with Crippen LogP contribution in [0.5, 0.6) is 0 Å². The van der Waals surface area contributed by atoms with Crippen molar-refractivity contribution in [2.24, 2.45) is 0 Å². The fourth-order valence-electron chi connectivity index (χ4n) is 2.75. The van der Waals surface area contributed by atoms with Gasteiger partial charge in [-0.3, -0.25) is 14.6 Å². The number of anilines is 1. The van der Waals surface area contributed by atoms with E-state index in [1.807, 2.05) is 31.2 Å². The molecule has 0 saturated carbocycles. The molecular formula is C22H20FN3O2. The SMILES string of the molecule is CCc1ccccc1NC(=O)c1ccnc(C(=O)NCc2ccccc2F)c1. The minimum Gasteiger partial charge on any atom is -0.347 e. The van der Waals surface area contributed by atoms with Crippen molar-refractivity contribution in [3.63, 3.8) is 0 Å². The van der Waals surface area contributed by atoms with Gasteiger partial charge in [0.15, 0.2) is 0 Å². The van der Waals surface area contributed by atoms with Crippen molar-refractivity contribution in [3.8, 4) is 0 Å². The molecule has 2 aromatic carbocycles. The molecule has 28 heavy (non-hydrogen) atoms. The lowest BCUT2D eigenvalue weighted by molar-refractivity contribution is 0.0945. The van der Waals surface area contributed by atoms with Crippen LogP contribution in [0.1, 0.15) is 38.9 Å².